The van der Waals surface area contributed by atoms with Crippen molar-refractivity contribution in [1.82, 2.24) is 20.0 Å². The number of benzene rings is 2. The monoisotopic (exact) mass is 488 g/mol. The van der Waals surface area contributed by atoms with Crippen LogP contribution >= 0.6 is 11.6 Å². The number of halogens is 1. The van der Waals surface area contributed by atoms with Gasteiger partial charge in [0.1, 0.15) is 11.3 Å². The van der Waals surface area contributed by atoms with Crippen LogP contribution in [-0.4, -0.2) is 21.2 Å². The van der Waals surface area contributed by atoms with E-state index in [2.05, 4.69) is 27.8 Å². The van der Waals surface area contributed by atoms with Crippen molar-refractivity contribution in [2.24, 2.45) is 0 Å². The van der Waals surface area contributed by atoms with Crippen molar-refractivity contribution in [3.05, 3.63) is 94.4 Å². The Morgan fingerprint density at radius 2 is 1.46 bits per heavy atom. The number of fused-ring (bicyclic) bond motifs is 1. The summed E-state index contributed by atoms with van der Waals surface area (Å²) in [4.78, 5) is 29.2. The smallest absolute Gasteiger partial charge is 0.270 e. The molecule has 2 heterocycles. The Morgan fingerprint density at radius 1 is 0.857 bits per heavy atom. The zero-order chi connectivity index (χ0) is 24.8. The average Bonchev–Trinajstić information content (AvgIpc) is 3.25. The van der Waals surface area contributed by atoms with E-state index >= 15 is 0 Å². The summed E-state index contributed by atoms with van der Waals surface area (Å²) in [5, 5.41) is 6.50. The van der Waals surface area contributed by atoms with Gasteiger partial charge in [0.05, 0.1) is 10.7 Å². The van der Waals surface area contributed by atoms with E-state index in [-0.39, 0.29) is 11.8 Å². The normalized spacial score (nSPS) is 10.9. The molecule has 0 saturated carbocycles. The number of rotatable bonds is 9. The first-order valence-electron chi connectivity index (χ1n) is 11.9. The van der Waals surface area contributed by atoms with Gasteiger partial charge in [0, 0.05) is 25.7 Å². The van der Waals surface area contributed by atoms with Crippen molar-refractivity contribution in [2.75, 3.05) is 0 Å². The molecule has 180 valence electrons. The van der Waals surface area contributed by atoms with Gasteiger partial charge in [-0.2, -0.15) is 0 Å². The van der Waals surface area contributed by atoms with Gasteiger partial charge in [-0.3, -0.25) is 14.0 Å². The molecule has 0 fully saturated rings. The average molecular weight is 489 g/mol. The number of hydrogen-bond donors (Lipinski definition) is 2. The maximum atomic E-state index is 13.0. The van der Waals surface area contributed by atoms with Crippen LogP contribution in [0.5, 0.6) is 0 Å². The first-order valence-corrected chi connectivity index (χ1v) is 12.3. The number of carbonyl (C=O) groups is 2. The molecule has 35 heavy (non-hydrogen) atoms. The quantitative estimate of drug-likeness (QED) is 0.323. The molecule has 4 aromatic rings. The Hall–Kier alpha value is -3.64. The van der Waals surface area contributed by atoms with E-state index in [0.29, 0.717) is 42.3 Å². The second kappa shape index (κ2) is 11.2. The van der Waals surface area contributed by atoms with Gasteiger partial charge in [-0.05, 0) is 47.2 Å². The molecule has 6 nitrogen and oxygen atoms in total. The molecular formula is C28H29ClN4O2. The van der Waals surface area contributed by atoms with Gasteiger partial charge in [-0.15, -0.1) is 0 Å². The van der Waals surface area contributed by atoms with Crippen LogP contribution < -0.4 is 10.6 Å². The third-order valence-corrected chi connectivity index (χ3v) is 6.09. The molecule has 0 saturated heterocycles. The molecule has 4 rings (SSSR count). The molecule has 0 unspecified atom stereocenters. The van der Waals surface area contributed by atoms with Crippen molar-refractivity contribution in [3.8, 4) is 11.1 Å². The zero-order valence-electron chi connectivity index (χ0n) is 20.0. The molecule has 0 aliphatic heterocycles. The molecule has 2 aromatic carbocycles. The minimum absolute atomic E-state index is 0.0791. The van der Waals surface area contributed by atoms with Crippen LogP contribution in [0, 0.1) is 0 Å². The van der Waals surface area contributed by atoms with Crippen LogP contribution in [0.15, 0.2) is 66.9 Å². The van der Waals surface area contributed by atoms with Gasteiger partial charge in [-0.25, -0.2) is 4.98 Å². The standard InChI is InChI=1S/C28H29ClN4O2/c1-3-5-26(34)30-16-19-6-10-21(11-7-19)22-12-8-20(9-13-22)17-31-28(35)27-24(4-2)32-25-15-14-23(29)18-33(25)27/h6-15,18H,3-5,16-17H2,1-2H3,(H,30,34)(H,31,35). The number of nitrogens with one attached hydrogen (secondary N) is 2. The largest absolute Gasteiger partial charge is 0.352 e. The first-order chi connectivity index (χ1) is 17.0. The van der Waals surface area contributed by atoms with E-state index in [1.807, 2.05) is 56.3 Å². The van der Waals surface area contributed by atoms with Crippen LogP contribution in [-0.2, 0) is 24.3 Å². The second-order valence-electron chi connectivity index (χ2n) is 8.44. The predicted octanol–water partition coefficient (Wildman–Crippen LogP) is 5.56. The molecule has 2 amide bonds. The maximum Gasteiger partial charge on any atom is 0.270 e. The van der Waals surface area contributed by atoms with E-state index < -0.39 is 0 Å². The molecule has 2 N–H and O–H groups in total. The van der Waals surface area contributed by atoms with Crippen molar-refractivity contribution < 1.29 is 9.59 Å². The Kier molecular flexibility index (Phi) is 7.83. The maximum absolute atomic E-state index is 13.0. The van der Waals surface area contributed by atoms with Crippen LogP contribution in [0.3, 0.4) is 0 Å². The minimum atomic E-state index is -0.178. The van der Waals surface area contributed by atoms with Crippen LogP contribution in [0.1, 0.15) is 54.0 Å². The molecule has 0 radical (unpaired) electrons. The van der Waals surface area contributed by atoms with E-state index in [1.165, 1.54) is 0 Å². The molecule has 0 aliphatic rings. The number of aromatic nitrogens is 2. The summed E-state index contributed by atoms with van der Waals surface area (Å²) < 4.78 is 1.75. The van der Waals surface area contributed by atoms with Gasteiger partial charge in [0.15, 0.2) is 0 Å². The SMILES string of the molecule is CCCC(=O)NCc1ccc(-c2ccc(CNC(=O)c3c(CC)nc4ccc(Cl)cn34)cc2)cc1. The lowest BCUT2D eigenvalue weighted by Crippen LogP contribution is -2.25. The lowest BCUT2D eigenvalue weighted by atomic mass is 10.0. The summed E-state index contributed by atoms with van der Waals surface area (Å²) >= 11 is 6.14. The summed E-state index contributed by atoms with van der Waals surface area (Å²) in [5.41, 5.74) is 6.22. The number of imidazole rings is 1. The van der Waals surface area contributed by atoms with Crippen molar-refractivity contribution >= 4 is 29.1 Å². The summed E-state index contributed by atoms with van der Waals surface area (Å²) in [6.07, 6.45) is 3.77. The third-order valence-electron chi connectivity index (χ3n) is 5.87. The number of aryl methyl sites for hydroxylation is 1. The van der Waals surface area contributed by atoms with Crippen molar-refractivity contribution in [2.45, 2.75) is 46.2 Å². The molecule has 0 aliphatic carbocycles. The summed E-state index contributed by atoms with van der Waals surface area (Å²) in [6, 6.07) is 19.9. The Bertz CT molecular complexity index is 1330. The summed E-state index contributed by atoms with van der Waals surface area (Å²) in [6.45, 7) is 4.92. The molecule has 0 spiro atoms. The minimum Gasteiger partial charge on any atom is -0.352 e. The fourth-order valence-corrected chi connectivity index (χ4v) is 4.13. The number of amides is 2. The number of nitrogens with zero attached hydrogens (tertiary/aromatic N) is 2. The zero-order valence-corrected chi connectivity index (χ0v) is 20.7. The van der Waals surface area contributed by atoms with E-state index in [0.717, 1.165) is 34.4 Å². The third kappa shape index (κ3) is 5.89. The fraction of sp³-hybridized carbons (Fsp3) is 0.250. The lowest BCUT2D eigenvalue weighted by molar-refractivity contribution is -0.121. The Labute approximate surface area is 210 Å². The summed E-state index contributed by atoms with van der Waals surface area (Å²) in [7, 11) is 0. The van der Waals surface area contributed by atoms with Gasteiger partial charge in [0.2, 0.25) is 5.91 Å². The number of pyridine rings is 1. The van der Waals surface area contributed by atoms with Crippen LogP contribution in [0.4, 0.5) is 0 Å². The molecular weight excluding hydrogens is 460 g/mol. The molecule has 0 bridgehead atoms. The highest BCUT2D eigenvalue weighted by Crippen LogP contribution is 2.21. The molecule has 7 heteroatoms. The topological polar surface area (TPSA) is 75.5 Å². The lowest BCUT2D eigenvalue weighted by Gasteiger charge is -2.09. The van der Waals surface area contributed by atoms with Gasteiger partial charge < -0.3 is 10.6 Å². The summed E-state index contributed by atoms with van der Waals surface area (Å²) in [5.74, 6) is -0.0994. The van der Waals surface area contributed by atoms with Gasteiger partial charge in [-0.1, -0.05) is 74.0 Å². The van der Waals surface area contributed by atoms with E-state index in [4.69, 9.17) is 11.6 Å². The Balaban J connectivity index is 1.39. The fourth-order valence-electron chi connectivity index (χ4n) is 3.97. The highest BCUT2D eigenvalue weighted by atomic mass is 35.5. The van der Waals surface area contributed by atoms with Gasteiger partial charge in [0.25, 0.3) is 5.91 Å². The van der Waals surface area contributed by atoms with Crippen LogP contribution in [0.25, 0.3) is 16.8 Å². The number of hydrogen-bond acceptors (Lipinski definition) is 3. The van der Waals surface area contributed by atoms with Crippen molar-refractivity contribution in [3.63, 3.8) is 0 Å². The highest BCUT2D eigenvalue weighted by molar-refractivity contribution is 6.30. The molecule has 2 aromatic heterocycles. The second-order valence-corrected chi connectivity index (χ2v) is 8.88. The van der Waals surface area contributed by atoms with E-state index in [9.17, 15) is 9.59 Å². The predicted molar refractivity (Wildman–Crippen MR) is 139 cm³/mol. The van der Waals surface area contributed by atoms with Gasteiger partial charge >= 0.3 is 0 Å². The first kappa shape index (κ1) is 24.5. The molecule has 0 atom stereocenters. The highest BCUT2D eigenvalue weighted by Gasteiger charge is 2.18. The van der Waals surface area contributed by atoms with Crippen molar-refractivity contribution in [1.29, 1.82) is 0 Å². The Morgan fingerprint density at radius 3 is 2.03 bits per heavy atom. The van der Waals surface area contributed by atoms with E-state index in [1.54, 1.807) is 16.7 Å². The van der Waals surface area contributed by atoms with Crippen LogP contribution in [0.2, 0.25) is 5.02 Å². The number of carbonyl (C=O) groups excluding carboxylic acids is 2.